The van der Waals surface area contributed by atoms with E-state index in [1.54, 1.807) is 7.11 Å². The maximum absolute atomic E-state index is 10.7. The SMILES string of the molecule is COCc1cc(COc2ccccc2OCC(O)CN2CCN(Cc3ccc(C4CCCCC4)cc3)CC2)on1. The number of ether oxygens (including phenoxy) is 3. The molecule has 1 aliphatic heterocycles. The van der Waals surface area contributed by atoms with Crippen molar-refractivity contribution in [3.8, 4) is 11.5 Å². The van der Waals surface area contributed by atoms with E-state index in [1.807, 2.05) is 30.3 Å². The molecular formula is C32H43N3O5. The van der Waals surface area contributed by atoms with Crippen LogP contribution in [0.15, 0.2) is 59.1 Å². The van der Waals surface area contributed by atoms with Crippen molar-refractivity contribution < 1.29 is 23.8 Å². The molecule has 8 nitrogen and oxygen atoms in total. The Morgan fingerprint density at radius 1 is 0.900 bits per heavy atom. The highest BCUT2D eigenvalue weighted by Crippen LogP contribution is 2.32. The average Bonchev–Trinajstić information content (AvgIpc) is 3.45. The van der Waals surface area contributed by atoms with Gasteiger partial charge in [0.25, 0.3) is 0 Å². The first kappa shape index (κ1) is 28.6. The Morgan fingerprint density at radius 3 is 2.33 bits per heavy atom. The van der Waals surface area contributed by atoms with Crippen LogP contribution in [0.1, 0.15) is 60.6 Å². The largest absolute Gasteiger partial charge is 0.487 e. The molecule has 0 amide bonds. The lowest BCUT2D eigenvalue weighted by atomic mass is 9.84. The third kappa shape index (κ3) is 8.30. The quantitative estimate of drug-likeness (QED) is 0.319. The highest BCUT2D eigenvalue weighted by molar-refractivity contribution is 5.39. The second kappa shape index (κ2) is 14.6. The Balaban J connectivity index is 1.02. The molecule has 216 valence electrons. The summed E-state index contributed by atoms with van der Waals surface area (Å²) in [5.41, 5.74) is 3.63. The third-order valence-electron chi connectivity index (χ3n) is 7.95. The molecule has 2 heterocycles. The summed E-state index contributed by atoms with van der Waals surface area (Å²) in [5.74, 6) is 2.56. The lowest BCUT2D eigenvalue weighted by Gasteiger charge is -2.35. The number of nitrogens with zero attached hydrogens (tertiary/aromatic N) is 3. The predicted octanol–water partition coefficient (Wildman–Crippen LogP) is 5.01. The van der Waals surface area contributed by atoms with Crippen molar-refractivity contribution in [3.63, 3.8) is 0 Å². The molecule has 2 aromatic carbocycles. The van der Waals surface area contributed by atoms with E-state index >= 15 is 0 Å². The Kier molecular flexibility index (Phi) is 10.5. The van der Waals surface area contributed by atoms with Crippen molar-refractivity contribution in [1.29, 1.82) is 0 Å². The number of methoxy groups -OCH3 is 1. The highest BCUT2D eigenvalue weighted by atomic mass is 16.5. The monoisotopic (exact) mass is 549 g/mol. The summed E-state index contributed by atoms with van der Waals surface area (Å²) in [5, 5.41) is 14.6. The van der Waals surface area contributed by atoms with Gasteiger partial charge in [-0.3, -0.25) is 9.80 Å². The molecule has 1 saturated carbocycles. The van der Waals surface area contributed by atoms with Gasteiger partial charge in [-0.2, -0.15) is 0 Å². The molecule has 5 rings (SSSR count). The van der Waals surface area contributed by atoms with E-state index in [2.05, 4.69) is 39.2 Å². The molecule has 0 bridgehead atoms. The van der Waals surface area contributed by atoms with Crippen molar-refractivity contribution in [3.05, 3.63) is 77.2 Å². The van der Waals surface area contributed by atoms with E-state index in [4.69, 9.17) is 18.7 Å². The number of benzene rings is 2. The molecule has 3 aromatic rings. The van der Waals surface area contributed by atoms with Crippen molar-refractivity contribution in [2.45, 2.75) is 63.9 Å². The summed E-state index contributed by atoms with van der Waals surface area (Å²) < 4.78 is 22.2. The molecule has 1 unspecified atom stereocenters. The number of β-amino-alcohol motifs (C(OH)–C–C–N with tert-alkyl or cyclic N) is 1. The number of hydrogen-bond acceptors (Lipinski definition) is 8. The van der Waals surface area contributed by atoms with Gasteiger partial charge in [0.1, 0.15) is 25.0 Å². The molecule has 1 aromatic heterocycles. The van der Waals surface area contributed by atoms with Crippen molar-refractivity contribution in [1.82, 2.24) is 15.0 Å². The van der Waals surface area contributed by atoms with E-state index in [9.17, 15) is 5.11 Å². The minimum atomic E-state index is -0.585. The van der Waals surface area contributed by atoms with Gasteiger partial charge in [0.05, 0.1) is 6.61 Å². The highest BCUT2D eigenvalue weighted by Gasteiger charge is 2.21. The van der Waals surface area contributed by atoms with Gasteiger partial charge < -0.3 is 23.8 Å². The summed E-state index contributed by atoms with van der Waals surface area (Å²) in [6.07, 6.45) is 6.26. The van der Waals surface area contributed by atoms with Gasteiger partial charge >= 0.3 is 0 Å². The zero-order valence-electron chi connectivity index (χ0n) is 23.7. The van der Waals surface area contributed by atoms with Crippen LogP contribution in [-0.2, 0) is 24.5 Å². The molecule has 8 heteroatoms. The fraction of sp³-hybridized carbons (Fsp3) is 0.531. The van der Waals surface area contributed by atoms with E-state index in [1.165, 1.54) is 43.2 Å². The average molecular weight is 550 g/mol. The molecule has 0 spiro atoms. The third-order valence-corrected chi connectivity index (χ3v) is 7.95. The molecule has 1 saturated heterocycles. The first-order valence-electron chi connectivity index (χ1n) is 14.7. The molecule has 0 radical (unpaired) electrons. The Labute approximate surface area is 237 Å². The minimum absolute atomic E-state index is 0.203. The maximum atomic E-state index is 10.7. The molecular weight excluding hydrogens is 506 g/mol. The first-order chi connectivity index (χ1) is 19.7. The summed E-state index contributed by atoms with van der Waals surface area (Å²) in [6, 6.07) is 18.6. The van der Waals surface area contributed by atoms with Crippen LogP contribution in [0.2, 0.25) is 0 Å². The lowest BCUT2D eigenvalue weighted by Crippen LogP contribution is -2.48. The molecule has 2 fully saturated rings. The Bertz CT molecular complexity index is 1150. The van der Waals surface area contributed by atoms with Gasteiger partial charge in [0.2, 0.25) is 0 Å². The van der Waals surface area contributed by atoms with Crippen LogP contribution in [0.4, 0.5) is 0 Å². The number of piperazine rings is 1. The molecule has 40 heavy (non-hydrogen) atoms. The standard InChI is InChI=1S/C32H43N3O5/c1-37-22-28-19-30(40-33-28)24-39-32-10-6-5-9-31(32)38-23-29(36)21-35-17-15-34(16-18-35)20-25-11-13-27(14-12-25)26-7-3-2-4-8-26/h5-6,9-14,19,26,29,36H,2-4,7-8,15-18,20-24H2,1H3. The second-order valence-electron chi connectivity index (χ2n) is 11.1. The summed E-state index contributed by atoms with van der Waals surface area (Å²) >= 11 is 0. The topological polar surface area (TPSA) is 80.4 Å². The van der Waals surface area contributed by atoms with E-state index < -0.39 is 6.10 Å². The zero-order chi connectivity index (χ0) is 27.6. The van der Waals surface area contributed by atoms with Gasteiger partial charge in [-0.1, -0.05) is 60.8 Å². The Morgan fingerprint density at radius 2 is 1.60 bits per heavy atom. The number of aliphatic hydroxyl groups excluding tert-OH is 1. The Hall–Kier alpha value is -2.91. The van der Waals surface area contributed by atoms with Gasteiger partial charge in [0.15, 0.2) is 17.3 Å². The van der Waals surface area contributed by atoms with Crippen LogP contribution in [0.3, 0.4) is 0 Å². The van der Waals surface area contributed by atoms with Crippen molar-refractivity contribution in [2.24, 2.45) is 0 Å². The van der Waals surface area contributed by atoms with Gasteiger partial charge in [-0.25, -0.2) is 0 Å². The molecule has 1 aliphatic carbocycles. The fourth-order valence-electron chi connectivity index (χ4n) is 5.73. The first-order valence-corrected chi connectivity index (χ1v) is 14.7. The van der Waals surface area contributed by atoms with Gasteiger partial charge in [-0.15, -0.1) is 0 Å². The van der Waals surface area contributed by atoms with E-state index in [0.717, 1.165) is 44.3 Å². The number of hydrogen-bond donors (Lipinski definition) is 1. The maximum Gasteiger partial charge on any atom is 0.174 e. The zero-order valence-corrected chi connectivity index (χ0v) is 23.7. The van der Waals surface area contributed by atoms with Crippen LogP contribution in [0.5, 0.6) is 11.5 Å². The van der Waals surface area contributed by atoms with Crippen molar-refractivity contribution >= 4 is 0 Å². The van der Waals surface area contributed by atoms with Crippen molar-refractivity contribution in [2.75, 3.05) is 46.4 Å². The van der Waals surface area contributed by atoms with Crippen LogP contribution < -0.4 is 9.47 Å². The molecule has 2 aliphatic rings. The van der Waals surface area contributed by atoms with Crippen LogP contribution in [0.25, 0.3) is 0 Å². The molecule has 1 atom stereocenters. The van der Waals surface area contributed by atoms with Crippen LogP contribution in [-0.4, -0.2) is 72.6 Å². The van der Waals surface area contributed by atoms with Crippen LogP contribution in [0, 0.1) is 0 Å². The summed E-state index contributed by atoms with van der Waals surface area (Å²) in [4.78, 5) is 4.83. The number of para-hydroxylation sites is 2. The second-order valence-corrected chi connectivity index (χ2v) is 11.1. The summed E-state index contributed by atoms with van der Waals surface area (Å²) in [7, 11) is 1.62. The van der Waals surface area contributed by atoms with Crippen LogP contribution >= 0.6 is 0 Å². The summed E-state index contributed by atoms with van der Waals surface area (Å²) in [6.45, 7) is 6.30. The predicted molar refractivity (Wildman–Crippen MR) is 153 cm³/mol. The van der Waals surface area contributed by atoms with Gasteiger partial charge in [0, 0.05) is 52.4 Å². The number of aromatic nitrogens is 1. The van der Waals surface area contributed by atoms with E-state index in [0.29, 0.717) is 30.4 Å². The lowest BCUT2D eigenvalue weighted by molar-refractivity contribution is 0.0437. The normalized spacial score (nSPS) is 18.1. The number of rotatable bonds is 13. The van der Waals surface area contributed by atoms with E-state index in [-0.39, 0.29) is 13.2 Å². The fourth-order valence-corrected chi connectivity index (χ4v) is 5.73. The smallest absolute Gasteiger partial charge is 0.174 e. The van der Waals surface area contributed by atoms with Gasteiger partial charge in [-0.05, 0) is 42.0 Å². The minimum Gasteiger partial charge on any atom is -0.487 e. The molecule has 1 N–H and O–H groups in total. The number of aliphatic hydroxyl groups is 1.